The van der Waals surface area contributed by atoms with Gasteiger partial charge in [0.2, 0.25) is 0 Å². The number of hydrogen-bond donors (Lipinski definition) is 0. The van der Waals surface area contributed by atoms with Crippen molar-refractivity contribution in [3.05, 3.63) is 34.7 Å². The van der Waals surface area contributed by atoms with Gasteiger partial charge in [-0.15, -0.1) is 0 Å². The van der Waals surface area contributed by atoms with E-state index >= 15 is 0 Å². The molecule has 0 fully saturated rings. The molecule has 0 aliphatic carbocycles. The van der Waals surface area contributed by atoms with E-state index in [1.807, 2.05) is 0 Å². The van der Waals surface area contributed by atoms with E-state index in [0.717, 1.165) is 0 Å². The van der Waals surface area contributed by atoms with Gasteiger partial charge in [0.25, 0.3) is 0 Å². The van der Waals surface area contributed by atoms with Crippen molar-refractivity contribution >= 4 is 11.9 Å². The summed E-state index contributed by atoms with van der Waals surface area (Å²) in [5.41, 5.74) is 0. The number of nitrogens with zero attached hydrogens (tertiary/aromatic N) is 3. The highest BCUT2D eigenvalue weighted by molar-refractivity contribution is 5.81. The van der Waals surface area contributed by atoms with E-state index in [9.17, 15) is 14.9 Å². The minimum atomic E-state index is -0.591. The Morgan fingerprint density at radius 1 is 1.80 bits per heavy atom. The monoisotopic (exact) mass is 211 g/mol. The van der Waals surface area contributed by atoms with Gasteiger partial charge >= 0.3 is 11.9 Å². The molecule has 0 unspecified atom stereocenters. The minimum absolute atomic E-state index is 0.200. The third-order valence-corrected chi connectivity index (χ3v) is 1.61. The largest absolute Gasteiger partial charge is 0.466 e. The van der Waals surface area contributed by atoms with Gasteiger partial charge in [-0.05, 0) is 11.0 Å². The third-order valence-electron chi connectivity index (χ3n) is 1.61. The molecule has 0 aliphatic heterocycles. The molecule has 15 heavy (non-hydrogen) atoms. The lowest BCUT2D eigenvalue weighted by molar-refractivity contribution is -0.396. The fraction of sp³-hybridized carbons (Fsp3) is 0.250. The molecule has 0 radical (unpaired) electrons. The Morgan fingerprint density at radius 2 is 2.53 bits per heavy atom. The van der Waals surface area contributed by atoms with Crippen molar-refractivity contribution < 1.29 is 14.5 Å². The first-order chi connectivity index (χ1) is 7.15. The van der Waals surface area contributed by atoms with Crippen molar-refractivity contribution in [2.75, 3.05) is 7.11 Å². The Balaban J connectivity index is 2.65. The SMILES string of the molecule is COC(=O)/C=C/Cn1ccnc1[N+](=O)[O-]. The number of rotatable bonds is 4. The van der Waals surface area contributed by atoms with Gasteiger partial charge < -0.3 is 14.9 Å². The fourth-order valence-electron chi connectivity index (χ4n) is 0.946. The van der Waals surface area contributed by atoms with Gasteiger partial charge in [-0.2, -0.15) is 0 Å². The first kappa shape index (κ1) is 10.9. The van der Waals surface area contributed by atoms with Gasteiger partial charge in [0.15, 0.2) is 0 Å². The van der Waals surface area contributed by atoms with Crippen LogP contribution in [0.1, 0.15) is 0 Å². The molecule has 0 atom stereocenters. The molecule has 0 spiro atoms. The second-order valence-electron chi connectivity index (χ2n) is 2.56. The lowest BCUT2D eigenvalue weighted by Gasteiger charge is -1.96. The zero-order chi connectivity index (χ0) is 11.3. The van der Waals surface area contributed by atoms with Crippen LogP contribution in [0.25, 0.3) is 0 Å². The maximum atomic E-state index is 10.7. The molecule has 1 rings (SSSR count). The van der Waals surface area contributed by atoms with Crippen LogP contribution in [0.2, 0.25) is 0 Å². The molecule has 80 valence electrons. The number of methoxy groups -OCH3 is 1. The first-order valence-electron chi connectivity index (χ1n) is 4.05. The smallest absolute Gasteiger partial charge is 0.434 e. The van der Waals surface area contributed by atoms with Crippen molar-refractivity contribution in [1.29, 1.82) is 0 Å². The Labute approximate surface area is 85.1 Å². The molecule has 0 bridgehead atoms. The molecule has 1 aromatic rings. The van der Waals surface area contributed by atoms with Gasteiger partial charge in [-0.25, -0.2) is 9.36 Å². The van der Waals surface area contributed by atoms with Crippen molar-refractivity contribution in [3.63, 3.8) is 0 Å². The van der Waals surface area contributed by atoms with Crippen molar-refractivity contribution in [2.45, 2.75) is 6.54 Å². The number of aromatic nitrogens is 2. The van der Waals surface area contributed by atoms with Crippen LogP contribution in [0.5, 0.6) is 0 Å². The molecule has 0 amide bonds. The van der Waals surface area contributed by atoms with Crippen LogP contribution >= 0.6 is 0 Å². The van der Waals surface area contributed by atoms with Crippen LogP contribution < -0.4 is 0 Å². The normalized spacial score (nSPS) is 10.5. The Hall–Kier alpha value is -2.18. The van der Waals surface area contributed by atoms with Crippen LogP contribution in [0.15, 0.2) is 24.5 Å². The van der Waals surface area contributed by atoms with Gasteiger partial charge in [0.05, 0.1) is 13.7 Å². The van der Waals surface area contributed by atoms with Crippen LogP contribution in [-0.4, -0.2) is 27.6 Å². The standard InChI is InChI=1S/C8H9N3O4/c1-15-7(12)3-2-5-10-6-4-9-8(10)11(13)14/h2-4,6H,5H2,1H3/b3-2+. The topological polar surface area (TPSA) is 87.3 Å². The van der Waals surface area contributed by atoms with Crippen LogP contribution in [0.3, 0.4) is 0 Å². The number of imidazole rings is 1. The first-order valence-corrected chi connectivity index (χ1v) is 4.05. The highest BCUT2D eigenvalue weighted by atomic mass is 16.6. The zero-order valence-electron chi connectivity index (χ0n) is 7.99. The van der Waals surface area contributed by atoms with E-state index < -0.39 is 10.9 Å². The summed E-state index contributed by atoms with van der Waals surface area (Å²) in [5, 5.41) is 10.4. The number of allylic oxidation sites excluding steroid dienone is 1. The molecule has 0 N–H and O–H groups in total. The van der Waals surface area contributed by atoms with Crippen LogP contribution in [0.4, 0.5) is 5.95 Å². The summed E-state index contributed by atoms with van der Waals surface area (Å²) in [7, 11) is 1.26. The summed E-state index contributed by atoms with van der Waals surface area (Å²) in [5.74, 6) is -0.762. The molecule has 0 aliphatic rings. The number of esters is 1. The number of nitro groups is 1. The molecule has 0 aromatic carbocycles. The Bertz CT molecular complexity index is 396. The molecular formula is C8H9N3O4. The average Bonchev–Trinajstić information content (AvgIpc) is 2.65. The minimum Gasteiger partial charge on any atom is -0.466 e. The summed E-state index contributed by atoms with van der Waals surface area (Å²) in [6.07, 6.45) is 5.44. The third kappa shape index (κ3) is 2.90. The molecule has 7 heteroatoms. The van der Waals surface area contributed by atoms with Gasteiger partial charge in [-0.1, -0.05) is 4.98 Å². The second-order valence-corrected chi connectivity index (χ2v) is 2.56. The Morgan fingerprint density at radius 3 is 3.13 bits per heavy atom. The zero-order valence-corrected chi connectivity index (χ0v) is 7.99. The fourth-order valence-corrected chi connectivity index (χ4v) is 0.946. The van der Waals surface area contributed by atoms with E-state index in [2.05, 4.69) is 9.72 Å². The van der Waals surface area contributed by atoms with Crippen molar-refractivity contribution in [1.82, 2.24) is 9.55 Å². The summed E-state index contributed by atoms with van der Waals surface area (Å²) in [4.78, 5) is 24.1. The number of hydrogen-bond acceptors (Lipinski definition) is 5. The highest BCUT2D eigenvalue weighted by Crippen LogP contribution is 2.06. The van der Waals surface area contributed by atoms with E-state index in [1.165, 1.54) is 36.2 Å². The number of carbonyl (C=O) groups is 1. The van der Waals surface area contributed by atoms with Crippen LogP contribution in [-0.2, 0) is 16.1 Å². The maximum absolute atomic E-state index is 10.7. The van der Waals surface area contributed by atoms with Crippen molar-refractivity contribution in [2.24, 2.45) is 0 Å². The average molecular weight is 211 g/mol. The van der Waals surface area contributed by atoms with E-state index in [-0.39, 0.29) is 12.5 Å². The van der Waals surface area contributed by atoms with Gasteiger partial charge in [-0.3, -0.25) is 0 Å². The predicted molar refractivity (Wildman–Crippen MR) is 50.0 cm³/mol. The van der Waals surface area contributed by atoms with E-state index in [0.29, 0.717) is 0 Å². The number of ether oxygens (including phenoxy) is 1. The molecular weight excluding hydrogens is 202 g/mol. The quantitative estimate of drug-likeness (QED) is 0.313. The molecule has 1 aromatic heterocycles. The molecule has 7 nitrogen and oxygen atoms in total. The molecule has 0 saturated heterocycles. The highest BCUT2D eigenvalue weighted by Gasteiger charge is 2.11. The predicted octanol–water partition coefficient (Wildman–Crippen LogP) is 0.520. The summed E-state index contributed by atoms with van der Waals surface area (Å²) < 4.78 is 5.67. The second kappa shape index (κ2) is 4.89. The number of carbonyl (C=O) groups excluding carboxylic acids is 1. The van der Waals surface area contributed by atoms with Gasteiger partial charge in [0, 0.05) is 6.08 Å². The van der Waals surface area contributed by atoms with Gasteiger partial charge in [0.1, 0.15) is 12.4 Å². The molecule has 1 heterocycles. The van der Waals surface area contributed by atoms with E-state index in [4.69, 9.17) is 0 Å². The van der Waals surface area contributed by atoms with Crippen LogP contribution in [0, 0.1) is 10.1 Å². The Kier molecular flexibility index (Phi) is 3.55. The van der Waals surface area contributed by atoms with Crippen molar-refractivity contribution in [3.8, 4) is 0 Å². The molecule has 0 saturated carbocycles. The summed E-state index contributed by atoms with van der Waals surface area (Å²) >= 11 is 0. The maximum Gasteiger partial charge on any atom is 0.434 e. The summed E-state index contributed by atoms with van der Waals surface area (Å²) in [6, 6.07) is 0. The lowest BCUT2D eigenvalue weighted by atomic mass is 10.5. The van der Waals surface area contributed by atoms with E-state index in [1.54, 1.807) is 0 Å². The lowest BCUT2D eigenvalue weighted by Crippen LogP contribution is -2.02. The summed E-state index contributed by atoms with van der Waals surface area (Å²) in [6.45, 7) is 0.200.